The van der Waals surface area contributed by atoms with E-state index in [2.05, 4.69) is 0 Å². The smallest absolute Gasteiger partial charge is 0.314 e. The zero-order chi connectivity index (χ0) is 14.8. The number of hydrogen-bond donors (Lipinski definition) is 1. The number of hydrogen-bond acceptors (Lipinski definition) is 4. The van der Waals surface area contributed by atoms with Crippen LogP contribution >= 0.6 is 0 Å². The third kappa shape index (κ3) is 3.12. The molecule has 0 radical (unpaired) electrons. The summed E-state index contributed by atoms with van der Waals surface area (Å²) in [5, 5.41) is 0. The topological polar surface area (TPSA) is 61.5 Å². The molecule has 0 spiro atoms. The van der Waals surface area contributed by atoms with Crippen LogP contribution in [0.1, 0.15) is 43.9 Å². The number of carbonyl (C=O) groups excluding carboxylic acids is 1. The SMILES string of the molecule is COC(=O)C(C)(C)COc1ccc2c(c1)CCCC2N. The molecule has 110 valence electrons. The van der Waals surface area contributed by atoms with Crippen molar-refractivity contribution in [2.45, 2.75) is 39.2 Å². The molecule has 0 saturated carbocycles. The number of rotatable bonds is 4. The molecule has 0 heterocycles. The van der Waals surface area contributed by atoms with Crippen LogP contribution in [0.25, 0.3) is 0 Å². The van der Waals surface area contributed by atoms with Gasteiger partial charge in [-0.05, 0) is 56.4 Å². The minimum Gasteiger partial charge on any atom is -0.492 e. The van der Waals surface area contributed by atoms with Gasteiger partial charge in [0, 0.05) is 6.04 Å². The molecule has 1 unspecified atom stereocenters. The predicted octanol–water partition coefficient (Wildman–Crippen LogP) is 2.60. The van der Waals surface area contributed by atoms with Crippen molar-refractivity contribution >= 4 is 5.97 Å². The summed E-state index contributed by atoms with van der Waals surface area (Å²) >= 11 is 0. The van der Waals surface area contributed by atoms with Crippen LogP contribution in [-0.2, 0) is 16.0 Å². The molecule has 1 aromatic carbocycles. The average molecular weight is 277 g/mol. The molecule has 4 nitrogen and oxygen atoms in total. The molecule has 1 aromatic rings. The van der Waals surface area contributed by atoms with Gasteiger partial charge >= 0.3 is 5.97 Å². The zero-order valence-electron chi connectivity index (χ0n) is 12.4. The van der Waals surface area contributed by atoms with E-state index in [4.69, 9.17) is 15.2 Å². The second kappa shape index (κ2) is 5.83. The Morgan fingerprint density at radius 1 is 1.45 bits per heavy atom. The van der Waals surface area contributed by atoms with Crippen molar-refractivity contribution in [3.63, 3.8) is 0 Å². The summed E-state index contributed by atoms with van der Waals surface area (Å²) in [6, 6.07) is 6.15. The van der Waals surface area contributed by atoms with Gasteiger partial charge in [-0.3, -0.25) is 4.79 Å². The molecular formula is C16H23NO3. The van der Waals surface area contributed by atoms with E-state index in [1.165, 1.54) is 18.2 Å². The second-order valence-electron chi connectivity index (χ2n) is 6.02. The molecule has 0 aromatic heterocycles. The number of fused-ring (bicyclic) bond motifs is 1. The van der Waals surface area contributed by atoms with Crippen molar-refractivity contribution in [3.8, 4) is 5.75 Å². The standard InChI is InChI=1S/C16H23NO3/c1-16(2,15(18)19-3)10-20-12-7-8-13-11(9-12)5-4-6-14(13)17/h7-9,14H,4-6,10,17H2,1-3H3. The Hall–Kier alpha value is -1.55. The van der Waals surface area contributed by atoms with Gasteiger partial charge in [0.05, 0.1) is 12.5 Å². The van der Waals surface area contributed by atoms with Gasteiger partial charge < -0.3 is 15.2 Å². The highest BCUT2D eigenvalue weighted by Gasteiger charge is 2.30. The van der Waals surface area contributed by atoms with Crippen LogP contribution in [-0.4, -0.2) is 19.7 Å². The van der Waals surface area contributed by atoms with Gasteiger partial charge in [-0.1, -0.05) is 6.07 Å². The van der Waals surface area contributed by atoms with Crippen molar-refractivity contribution in [3.05, 3.63) is 29.3 Å². The summed E-state index contributed by atoms with van der Waals surface area (Å²) < 4.78 is 10.5. The second-order valence-corrected chi connectivity index (χ2v) is 6.02. The van der Waals surface area contributed by atoms with Crippen LogP contribution in [0.3, 0.4) is 0 Å². The third-order valence-corrected chi connectivity index (χ3v) is 3.81. The Labute approximate surface area is 120 Å². The summed E-state index contributed by atoms with van der Waals surface area (Å²) in [5.74, 6) is 0.521. The molecule has 0 bridgehead atoms. The molecule has 0 fully saturated rings. The molecule has 1 atom stereocenters. The maximum absolute atomic E-state index is 11.6. The van der Waals surface area contributed by atoms with Gasteiger partial charge in [-0.15, -0.1) is 0 Å². The number of esters is 1. The van der Waals surface area contributed by atoms with E-state index in [-0.39, 0.29) is 12.0 Å². The molecule has 1 aliphatic carbocycles. The first kappa shape index (κ1) is 14.9. The van der Waals surface area contributed by atoms with E-state index in [0.29, 0.717) is 6.61 Å². The largest absolute Gasteiger partial charge is 0.492 e. The summed E-state index contributed by atoms with van der Waals surface area (Å²) in [4.78, 5) is 11.6. The highest BCUT2D eigenvalue weighted by atomic mass is 16.5. The lowest BCUT2D eigenvalue weighted by Gasteiger charge is -2.24. The highest BCUT2D eigenvalue weighted by molar-refractivity contribution is 5.75. The summed E-state index contributed by atoms with van der Waals surface area (Å²) in [5.41, 5.74) is 7.92. The first-order chi connectivity index (χ1) is 9.44. The number of methoxy groups -OCH3 is 1. The van der Waals surface area contributed by atoms with Crippen molar-refractivity contribution < 1.29 is 14.3 Å². The fourth-order valence-corrected chi connectivity index (χ4v) is 2.52. The van der Waals surface area contributed by atoms with Crippen molar-refractivity contribution in [2.75, 3.05) is 13.7 Å². The predicted molar refractivity (Wildman–Crippen MR) is 77.6 cm³/mol. The van der Waals surface area contributed by atoms with E-state index < -0.39 is 5.41 Å². The molecule has 1 aliphatic rings. The first-order valence-corrected chi connectivity index (χ1v) is 7.03. The summed E-state index contributed by atoms with van der Waals surface area (Å²) in [7, 11) is 1.39. The lowest BCUT2D eigenvalue weighted by atomic mass is 9.88. The lowest BCUT2D eigenvalue weighted by molar-refractivity contribution is -0.152. The van der Waals surface area contributed by atoms with E-state index >= 15 is 0 Å². The minimum atomic E-state index is -0.652. The monoisotopic (exact) mass is 277 g/mol. The number of benzene rings is 1. The van der Waals surface area contributed by atoms with Gasteiger partial charge in [0.15, 0.2) is 0 Å². The number of ether oxygens (including phenoxy) is 2. The van der Waals surface area contributed by atoms with Crippen molar-refractivity contribution in [2.24, 2.45) is 11.1 Å². The lowest BCUT2D eigenvalue weighted by Crippen LogP contribution is -2.32. The Balaban J connectivity index is 2.06. The van der Waals surface area contributed by atoms with E-state index in [0.717, 1.165) is 25.0 Å². The number of aryl methyl sites for hydroxylation is 1. The quantitative estimate of drug-likeness (QED) is 0.859. The van der Waals surface area contributed by atoms with Crippen LogP contribution in [0, 0.1) is 5.41 Å². The van der Waals surface area contributed by atoms with Gasteiger partial charge in [-0.2, -0.15) is 0 Å². The normalized spacial score (nSPS) is 18.3. The van der Waals surface area contributed by atoms with E-state index in [1.807, 2.05) is 32.0 Å². The number of nitrogens with two attached hydrogens (primary N) is 1. The Kier molecular flexibility index (Phi) is 4.33. The van der Waals surface area contributed by atoms with Gasteiger partial charge in [0.25, 0.3) is 0 Å². The van der Waals surface area contributed by atoms with Crippen molar-refractivity contribution in [1.82, 2.24) is 0 Å². The Morgan fingerprint density at radius 2 is 2.20 bits per heavy atom. The zero-order valence-corrected chi connectivity index (χ0v) is 12.4. The van der Waals surface area contributed by atoms with E-state index in [9.17, 15) is 4.79 Å². The minimum absolute atomic E-state index is 0.138. The van der Waals surface area contributed by atoms with Crippen LogP contribution in [0.15, 0.2) is 18.2 Å². The molecule has 2 rings (SSSR count). The van der Waals surface area contributed by atoms with Crippen LogP contribution in [0.4, 0.5) is 0 Å². The summed E-state index contributed by atoms with van der Waals surface area (Å²) in [6.07, 6.45) is 3.20. The van der Waals surface area contributed by atoms with Crippen LogP contribution in [0.5, 0.6) is 5.75 Å². The Morgan fingerprint density at radius 3 is 2.90 bits per heavy atom. The summed E-state index contributed by atoms with van der Waals surface area (Å²) in [6.45, 7) is 3.92. The first-order valence-electron chi connectivity index (χ1n) is 7.03. The molecule has 0 amide bonds. The van der Waals surface area contributed by atoms with Crippen LogP contribution in [0.2, 0.25) is 0 Å². The van der Waals surface area contributed by atoms with Gasteiger partial charge in [-0.25, -0.2) is 0 Å². The molecular weight excluding hydrogens is 254 g/mol. The number of carbonyl (C=O) groups is 1. The average Bonchev–Trinajstić information content (AvgIpc) is 2.44. The highest BCUT2D eigenvalue weighted by Crippen LogP contribution is 2.31. The third-order valence-electron chi connectivity index (χ3n) is 3.81. The fraction of sp³-hybridized carbons (Fsp3) is 0.562. The maximum atomic E-state index is 11.6. The fourth-order valence-electron chi connectivity index (χ4n) is 2.52. The maximum Gasteiger partial charge on any atom is 0.314 e. The molecule has 20 heavy (non-hydrogen) atoms. The van der Waals surface area contributed by atoms with Gasteiger partial charge in [0.1, 0.15) is 12.4 Å². The molecule has 4 heteroatoms. The Bertz CT molecular complexity index is 496. The molecule has 0 aliphatic heterocycles. The molecule has 2 N–H and O–H groups in total. The van der Waals surface area contributed by atoms with Gasteiger partial charge in [0.2, 0.25) is 0 Å². The van der Waals surface area contributed by atoms with Crippen LogP contribution < -0.4 is 10.5 Å². The van der Waals surface area contributed by atoms with Crippen molar-refractivity contribution in [1.29, 1.82) is 0 Å². The molecule has 0 saturated heterocycles. The van der Waals surface area contributed by atoms with E-state index in [1.54, 1.807) is 0 Å².